The van der Waals surface area contributed by atoms with Gasteiger partial charge in [-0.15, -0.1) is 0 Å². The molecule has 2 aromatic rings. The third-order valence-electron chi connectivity index (χ3n) is 5.01. The Morgan fingerprint density at radius 2 is 1.76 bits per heavy atom. The van der Waals surface area contributed by atoms with E-state index < -0.39 is 33.5 Å². The van der Waals surface area contributed by atoms with E-state index >= 15 is 0 Å². The Balaban J connectivity index is 2.10. The molecule has 1 heterocycles. The molecule has 3 rings (SSSR count). The molecule has 34 heavy (non-hydrogen) atoms. The van der Waals surface area contributed by atoms with Crippen LogP contribution in [-0.4, -0.2) is 60.3 Å². The van der Waals surface area contributed by atoms with E-state index in [-0.39, 0.29) is 23.0 Å². The first kappa shape index (κ1) is 25.2. The highest BCUT2D eigenvalue weighted by Crippen LogP contribution is 2.33. The highest BCUT2D eigenvalue weighted by Gasteiger charge is 2.41. The van der Waals surface area contributed by atoms with Gasteiger partial charge in [0.15, 0.2) is 11.9 Å². The Labute approximate surface area is 198 Å². The second-order valence-corrected chi connectivity index (χ2v) is 9.82. The summed E-state index contributed by atoms with van der Waals surface area (Å²) in [7, 11) is -4.04. The summed E-state index contributed by atoms with van der Waals surface area (Å²) in [6.07, 6.45) is 0. The lowest BCUT2D eigenvalue weighted by Gasteiger charge is -2.33. The van der Waals surface area contributed by atoms with Gasteiger partial charge in [-0.25, -0.2) is 13.4 Å². The van der Waals surface area contributed by atoms with Crippen LogP contribution in [0.15, 0.2) is 58.4 Å². The van der Waals surface area contributed by atoms with Gasteiger partial charge in [-0.2, -0.15) is 0 Å². The number of fused-ring (bicyclic) bond motifs is 1. The molecule has 1 aliphatic heterocycles. The second kappa shape index (κ2) is 9.82. The van der Waals surface area contributed by atoms with E-state index in [4.69, 9.17) is 4.74 Å². The van der Waals surface area contributed by atoms with Crippen molar-refractivity contribution in [2.75, 3.05) is 18.5 Å². The summed E-state index contributed by atoms with van der Waals surface area (Å²) in [4.78, 5) is 30.5. The normalized spacial score (nSPS) is 15.6. The fraction of sp³-hybridized carbons (Fsp3) is 0.348. The Kier molecular flexibility index (Phi) is 7.27. The Hall–Kier alpha value is -3.44. The lowest BCUT2D eigenvalue weighted by molar-refractivity contribution is -0.138. The Morgan fingerprint density at radius 3 is 2.41 bits per heavy atom. The van der Waals surface area contributed by atoms with Crippen LogP contribution in [0.3, 0.4) is 0 Å². The number of aliphatic hydroxyl groups is 1. The number of anilines is 1. The fourth-order valence-electron chi connectivity index (χ4n) is 3.34. The van der Waals surface area contributed by atoms with Gasteiger partial charge in [0.1, 0.15) is 16.2 Å². The first-order chi connectivity index (χ1) is 16.0. The van der Waals surface area contributed by atoms with E-state index in [0.29, 0.717) is 18.0 Å². The summed E-state index contributed by atoms with van der Waals surface area (Å²) in [6, 6.07) is 11.3. The van der Waals surface area contributed by atoms with Gasteiger partial charge in [0, 0.05) is 6.54 Å². The van der Waals surface area contributed by atoms with E-state index in [2.05, 4.69) is 15.6 Å². The van der Waals surface area contributed by atoms with Crippen molar-refractivity contribution in [2.45, 2.75) is 44.2 Å². The van der Waals surface area contributed by atoms with Crippen molar-refractivity contribution < 1.29 is 27.9 Å². The van der Waals surface area contributed by atoms with Crippen molar-refractivity contribution in [3.05, 3.63) is 48.5 Å². The van der Waals surface area contributed by atoms with E-state index in [9.17, 15) is 23.1 Å². The monoisotopic (exact) mass is 488 g/mol. The number of para-hydroxylation sites is 3. The van der Waals surface area contributed by atoms with Crippen molar-refractivity contribution >= 4 is 39.0 Å². The van der Waals surface area contributed by atoms with Crippen LogP contribution in [0.1, 0.15) is 27.7 Å². The second-order valence-electron chi connectivity index (χ2n) is 7.99. The number of sulfonamides is 1. The molecule has 0 fully saturated rings. The molecule has 1 unspecified atom stereocenters. The minimum atomic E-state index is -4.04. The maximum absolute atomic E-state index is 13.4. The van der Waals surface area contributed by atoms with E-state index in [1.807, 2.05) is 0 Å². The number of carbonyl (C=O) groups excluding carboxylic acids is 2. The van der Waals surface area contributed by atoms with Crippen molar-refractivity contribution in [3.8, 4) is 5.75 Å². The molecule has 0 aliphatic carbocycles. The molecular formula is C23H28N4O6S. The minimum absolute atomic E-state index is 0.00439. The molecule has 1 aliphatic rings. The van der Waals surface area contributed by atoms with E-state index in [0.717, 1.165) is 4.31 Å². The third-order valence-corrected chi connectivity index (χ3v) is 6.93. The van der Waals surface area contributed by atoms with Gasteiger partial charge < -0.3 is 20.5 Å². The van der Waals surface area contributed by atoms with Gasteiger partial charge in [-0.05, 0) is 52.0 Å². The summed E-state index contributed by atoms with van der Waals surface area (Å²) < 4.78 is 33.1. The average molecular weight is 489 g/mol. The fourth-order valence-corrected chi connectivity index (χ4v) is 4.94. The number of ether oxygens (including phenoxy) is 1. The molecule has 10 nitrogen and oxygen atoms in total. The molecule has 0 saturated carbocycles. The molecule has 0 spiro atoms. The van der Waals surface area contributed by atoms with Gasteiger partial charge in [0.05, 0.1) is 18.0 Å². The first-order valence-electron chi connectivity index (χ1n) is 10.8. The van der Waals surface area contributed by atoms with Crippen molar-refractivity contribution in [3.63, 3.8) is 0 Å². The summed E-state index contributed by atoms with van der Waals surface area (Å²) in [5, 5.41) is 15.3. The minimum Gasteiger partial charge on any atom is -0.492 e. The maximum Gasteiger partial charge on any atom is 0.267 e. The standard InChI is InChI=1S/C23H28N4O6S/c1-5-27-20(24-16-12-8-10-14-18(16)34(27,31)32)19(26-22(29)23(3,4)30)21(28)25-15-11-7-9-13-17(15)33-6-2/h7-14,19,30H,5-6H2,1-4H3,(H,25,28)(H,26,29). The molecule has 2 aromatic carbocycles. The number of benzene rings is 2. The number of aliphatic imine (C=N–C) groups is 1. The molecule has 2 amide bonds. The highest BCUT2D eigenvalue weighted by molar-refractivity contribution is 7.90. The number of nitrogens with zero attached hydrogens (tertiary/aromatic N) is 2. The van der Waals surface area contributed by atoms with Crippen LogP contribution in [-0.2, 0) is 19.6 Å². The van der Waals surface area contributed by atoms with Crippen LogP contribution in [0.2, 0.25) is 0 Å². The largest absolute Gasteiger partial charge is 0.492 e. The zero-order chi connectivity index (χ0) is 25.1. The number of rotatable bonds is 8. The molecule has 1 atom stereocenters. The van der Waals surface area contributed by atoms with Crippen LogP contribution < -0.4 is 15.4 Å². The summed E-state index contributed by atoms with van der Waals surface area (Å²) in [5.74, 6) is -1.41. The predicted molar refractivity (Wildman–Crippen MR) is 128 cm³/mol. The van der Waals surface area contributed by atoms with E-state index in [1.54, 1.807) is 50.2 Å². The number of hydrogen-bond acceptors (Lipinski definition) is 7. The zero-order valence-electron chi connectivity index (χ0n) is 19.4. The van der Waals surface area contributed by atoms with Crippen LogP contribution in [0.5, 0.6) is 5.75 Å². The third kappa shape index (κ3) is 5.05. The van der Waals surface area contributed by atoms with Gasteiger partial charge in [-0.3, -0.25) is 13.9 Å². The summed E-state index contributed by atoms with van der Waals surface area (Å²) in [6.45, 7) is 6.23. The number of likely N-dealkylation sites (N-methyl/N-ethyl adjacent to an activating group) is 1. The lowest BCUT2D eigenvalue weighted by atomic mass is 10.1. The molecule has 0 radical (unpaired) electrons. The van der Waals surface area contributed by atoms with Gasteiger partial charge in [-0.1, -0.05) is 24.3 Å². The number of amidine groups is 1. The van der Waals surface area contributed by atoms with Crippen molar-refractivity contribution in [1.29, 1.82) is 0 Å². The molecule has 3 N–H and O–H groups in total. The quantitative estimate of drug-likeness (QED) is 0.520. The molecule has 182 valence electrons. The predicted octanol–water partition coefficient (Wildman–Crippen LogP) is 2.03. The highest BCUT2D eigenvalue weighted by atomic mass is 32.2. The Bertz CT molecular complexity index is 1220. The number of amides is 2. The van der Waals surface area contributed by atoms with Gasteiger partial charge in [0.25, 0.3) is 21.8 Å². The number of hydrogen-bond donors (Lipinski definition) is 3. The SMILES string of the molecule is CCOc1ccccc1NC(=O)C(NC(=O)C(C)(C)O)C1=Nc2ccccc2S(=O)(=O)N1CC. The Morgan fingerprint density at radius 1 is 1.12 bits per heavy atom. The van der Waals surface area contributed by atoms with Crippen molar-refractivity contribution in [2.24, 2.45) is 4.99 Å². The lowest BCUT2D eigenvalue weighted by Crippen LogP contribution is -2.59. The van der Waals surface area contributed by atoms with E-state index in [1.165, 1.54) is 26.0 Å². The van der Waals surface area contributed by atoms with Gasteiger partial charge in [0.2, 0.25) is 0 Å². The summed E-state index contributed by atoms with van der Waals surface area (Å²) in [5.41, 5.74) is -1.35. The van der Waals surface area contributed by atoms with Crippen LogP contribution in [0, 0.1) is 0 Å². The number of nitrogens with one attached hydrogen (secondary N) is 2. The molecule has 0 bridgehead atoms. The summed E-state index contributed by atoms with van der Waals surface area (Å²) >= 11 is 0. The molecule has 0 aromatic heterocycles. The van der Waals surface area contributed by atoms with Crippen LogP contribution in [0.4, 0.5) is 11.4 Å². The molecule has 0 saturated heterocycles. The number of carbonyl (C=O) groups is 2. The molecule has 11 heteroatoms. The molecular weight excluding hydrogens is 460 g/mol. The van der Waals surface area contributed by atoms with Crippen LogP contribution >= 0.6 is 0 Å². The zero-order valence-corrected chi connectivity index (χ0v) is 20.2. The maximum atomic E-state index is 13.4. The first-order valence-corrected chi connectivity index (χ1v) is 12.2. The van der Waals surface area contributed by atoms with Crippen molar-refractivity contribution in [1.82, 2.24) is 9.62 Å². The van der Waals surface area contributed by atoms with Gasteiger partial charge >= 0.3 is 0 Å². The average Bonchev–Trinajstić information content (AvgIpc) is 2.77. The smallest absolute Gasteiger partial charge is 0.267 e. The topological polar surface area (TPSA) is 137 Å². The van der Waals surface area contributed by atoms with Crippen LogP contribution in [0.25, 0.3) is 0 Å².